The van der Waals surface area contributed by atoms with Crippen LogP contribution in [0.3, 0.4) is 0 Å². The lowest BCUT2D eigenvalue weighted by molar-refractivity contribution is -0.144. The summed E-state index contributed by atoms with van der Waals surface area (Å²) in [5.41, 5.74) is 1.13. The van der Waals surface area contributed by atoms with E-state index in [1.54, 1.807) is 26.0 Å². The van der Waals surface area contributed by atoms with E-state index in [1.165, 1.54) is 18.6 Å². The number of pyridine rings is 2. The Labute approximate surface area is 161 Å². The van der Waals surface area contributed by atoms with Gasteiger partial charge in [-0.1, -0.05) is 23.2 Å². The Kier molecular flexibility index (Phi) is 8.09. The zero-order valence-electron chi connectivity index (χ0n) is 13.5. The van der Waals surface area contributed by atoms with Crippen LogP contribution >= 0.6 is 35.6 Å². The number of hydrogen-bond acceptors (Lipinski definition) is 5. The number of carbonyl (C=O) groups is 2. The Hall–Kier alpha value is -1.89. The molecule has 25 heavy (non-hydrogen) atoms. The second kappa shape index (κ2) is 9.56. The number of hydrogen-bond donors (Lipinski definition) is 1. The van der Waals surface area contributed by atoms with Crippen LogP contribution in [-0.2, 0) is 9.53 Å². The van der Waals surface area contributed by atoms with Gasteiger partial charge >= 0.3 is 5.97 Å². The minimum Gasteiger partial charge on any atom is -0.465 e. The summed E-state index contributed by atoms with van der Waals surface area (Å²) in [6.45, 7) is 3.76. The van der Waals surface area contributed by atoms with Gasteiger partial charge in [-0.05, 0) is 26.0 Å². The van der Waals surface area contributed by atoms with Crippen LogP contribution < -0.4 is 5.32 Å². The predicted octanol–water partition coefficient (Wildman–Crippen LogP) is 4.12. The van der Waals surface area contributed by atoms with E-state index in [2.05, 4.69) is 15.3 Å². The fourth-order valence-corrected chi connectivity index (χ4v) is 2.48. The number of nitrogens with one attached hydrogen (secondary N) is 1. The fraction of sp³-hybridized carbons (Fsp3) is 0.250. The van der Waals surface area contributed by atoms with Crippen molar-refractivity contribution in [3.63, 3.8) is 0 Å². The van der Waals surface area contributed by atoms with Crippen LogP contribution in [0.5, 0.6) is 0 Å². The molecule has 1 N–H and O–H groups in total. The van der Waals surface area contributed by atoms with Crippen LogP contribution in [0.1, 0.15) is 35.8 Å². The van der Waals surface area contributed by atoms with Gasteiger partial charge < -0.3 is 10.1 Å². The number of nitrogens with zero attached hydrogens (tertiary/aromatic N) is 2. The van der Waals surface area contributed by atoms with E-state index in [1.807, 2.05) is 0 Å². The van der Waals surface area contributed by atoms with Crippen molar-refractivity contribution in [2.75, 3.05) is 11.9 Å². The van der Waals surface area contributed by atoms with Crippen LogP contribution in [0.25, 0.3) is 0 Å². The van der Waals surface area contributed by atoms with Crippen LogP contribution in [0.4, 0.5) is 5.69 Å². The van der Waals surface area contributed by atoms with E-state index < -0.39 is 11.8 Å². The third-order valence-electron chi connectivity index (χ3n) is 3.21. The lowest BCUT2D eigenvalue weighted by Crippen LogP contribution is -2.15. The molecule has 0 fully saturated rings. The van der Waals surface area contributed by atoms with Crippen molar-refractivity contribution in [3.05, 3.63) is 52.0 Å². The summed E-state index contributed by atoms with van der Waals surface area (Å²) >= 11 is 11.9. The maximum absolute atomic E-state index is 12.3. The summed E-state index contributed by atoms with van der Waals surface area (Å²) in [5.74, 6) is -1.31. The number of aromatic nitrogens is 2. The van der Waals surface area contributed by atoms with E-state index in [4.69, 9.17) is 27.9 Å². The normalized spacial score (nSPS) is 11.2. The number of halogens is 3. The molecule has 1 unspecified atom stereocenters. The molecule has 1 atom stereocenters. The first kappa shape index (κ1) is 21.2. The van der Waals surface area contributed by atoms with Gasteiger partial charge in [0, 0.05) is 12.4 Å². The fourth-order valence-electron chi connectivity index (χ4n) is 1.95. The Morgan fingerprint density at radius 1 is 1.20 bits per heavy atom. The molecule has 0 aliphatic rings. The number of amides is 1. The lowest BCUT2D eigenvalue weighted by Gasteiger charge is -2.11. The van der Waals surface area contributed by atoms with E-state index in [9.17, 15) is 9.59 Å². The molecule has 2 aromatic rings. The number of rotatable bonds is 5. The monoisotopic (exact) mass is 403 g/mol. The largest absolute Gasteiger partial charge is 0.465 e. The average molecular weight is 405 g/mol. The van der Waals surface area contributed by atoms with Crippen LogP contribution in [0.2, 0.25) is 10.0 Å². The Morgan fingerprint density at radius 3 is 2.36 bits per heavy atom. The molecule has 2 rings (SSSR count). The summed E-state index contributed by atoms with van der Waals surface area (Å²) in [6.07, 6.45) is 4.13. The molecule has 0 saturated carbocycles. The lowest BCUT2D eigenvalue weighted by atomic mass is 10.1. The van der Waals surface area contributed by atoms with Crippen molar-refractivity contribution in [2.24, 2.45) is 0 Å². The first-order valence-electron chi connectivity index (χ1n) is 7.17. The molecule has 0 aromatic carbocycles. The first-order valence-corrected chi connectivity index (χ1v) is 7.92. The van der Waals surface area contributed by atoms with Gasteiger partial charge in [-0.15, -0.1) is 12.4 Å². The third-order valence-corrected chi connectivity index (χ3v) is 3.78. The highest BCUT2D eigenvalue weighted by molar-refractivity contribution is 6.40. The van der Waals surface area contributed by atoms with Crippen molar-refractivity contribution in [3.8, 4) is 0 Å². The second-order valence-corrected chi connectivity index (χ2v) is 5.69. The van der Waals surface area contributed by atoms with Crippen molar-refractivity contribution in [2.45, 2.75) is 19.8 Å². The molecule has 9 heteroatoms. The van der Waals surface area contributed by atoms with Crippen molar-refractivity contribution in [1.82, 2.24) is 9.97 Å². The van der Waals surface area contributed by atoms with Crippen LogP contribution in [0, 0.1) is 0 Å². The number of carbonyl (C=O) groups excluding carboxylic acids is 2. The zero-order valence-corrected chi connectivity index (χ0v) is 15.8. The number of ether oxygens (including phenoxy) is 1. The zero-order chi connectivity index (χ0) is 17.7. The molecule has 1 amide bonds. The Morgan fingerprint density at radius 2 is 1.84 bits per heavy atom. The van der Waals surface area contributed by atoms with Gasteiger partial charge in [-0.25, -0.2) is 0 Å². The molecule has 0 radical (unpaired) electrons. The summed E-state index contributed by atoms with van der Waals surface area (Å²) in [6, 6.07) is 3.28. The number of esters is 1. The van der Waals surface area contributed by atoms with Crippen molar-refractivity contribution in [1.29, 1.82) is 0 Å². The first-order chi connectivity index (χ1) is 11.4. The topological polar surface area (TPSA) is 81.2 Å². The van der Waals surface area contributed by atoms with Gasteiger partial charge in [-0.3, -0.25) is 19.6 Å². The molecule has 2 aromatic heterocycles. The summed E-state index contributed by atoms with van der Waals surface area (Å²) in [4.78, 5) is 31.9. The number of anilines is 1. The minimum atomic E-state index is -0.487. The smallest absolute Gasteiger partial charge is 0.314 e. The maximum atomic E-state index is 12.3. The third kappa shape index (κ3) is 5.29. The van der Waals surface area contributed by atoms with E-state index in [-0.39, 0.29) is 34.0 Å². The van der Waals surface area contributed by atoms with E-state index >= 15 is 0 Å². The second-order valence-electron chi connectivity index (χ2n) is 4.88. The molecule has 0 aliphatic heterocycles. The summed E-state index contributed by atoms with van der Waals surface area (Å²) in [5, 5.41) is 2.95. The van der Waals surface area contributed by atoms with Crippen molar-refractivity contribution < 1.29 is 14.3 Å². The molecule has 0 saturated heterocycles. The highest BCUT2D eigenvalue weighted by Crippen LogP contribution is 2.24. The quantitative estimate of drug-likeness (QED) is 0.758. The summed E-state index contributed by atoms with van der Waals surface area (Å²) in [7, 11) is 0. The predicted molar refractivity (Wildman–Crippen MR) is 98.7 cm³/mol. The minimum absolute atomic E-state index is 0. The molecule has 2 heterocycles. The van der Waals surface area contributed by atoms with Gasteiger partial charge in [0.25, 0.3) is 5.91 Å². The average Bonchev–Trinajstić information content (AvgIpc) is 2.55. The summed E-state index contributed by atoms with van der Waals surface area (Å²) < 4.78 is 4.95. The maximum Gasteiger partial charge on any atom is 0.314 e. The molecule has 134 valence electrons. The van der Waals surface area contributed by atoms with Gasteiger partial charge in [0.05, 0.1) is 45.7 Å². The molecule has 0 aliphatic carbocycles. The van der Waals surface area contributed by atoms with Gasteiger partial charge in [0.2, 0.25) is 0 Å². The standard InChI is InChI=1S/C16H15Cl2N3O3.ClH/c1-3-24-16(23)9(2)13-5-4-10(6-20-13)21-15(22)14-11(17)7-19-8-12(14)18;/h4-9H,3H2,1-2H3,(H,21,22);1H. The van der Waals surface area contributed by atoms with E-state index in [0.717, 1.165) is 0 Å². The highest BCUT2D eigenvalue weighted by atomic mass is 35.5. The molecule has 0 spiro atoms. The van der Waals surface area contributed by atoms with Crippen LogP contribution in [-0.4, -0.2) is 28.5 Å². The highest BCUT2D eigenvalue weighted by Gasteiger charge is 2.19. The molecule has 0 bridgehead atoms. The van der Waals surface area contributed by atoms with Crippen LogP contribution in [0.15, 0.2) is 30.7 Å². The van der Waals surface area contributed by atoms with Crippen molar-refractivity contribution >= 4 is 53.2 Å². The Bertz CT molecular complexity index is 734. The van der Waals surface area contributed by atoms with Gasteiger partial charge in [0.1, 0.15) is 0 Å². The molecule has 6 nitrogen and oxygen atoms in total. The van der Waals surface area contributed by atoms with E-state index in [0.29, 0.717) is 18.0 Å². The SMILES string of the molecule is CCOC(=O)C(C)c1ccc(NC(=O)c2c(Cl)cncc2Cl)cn1.Cl. The molecular formula is C16H16Cl3N3O3. The Balaban J connectivity index is 0.00000312. The van der Waals surface area contributed by atoms with Gasteiger partial charge in [0.15, 0.2) is 0 Å². The molecular weight excluding hydrogens is 389 g/mol. The van der Waals surface area contributed by atoms with Gasteiger partial charge in [-0.2, -0.15) is 0 Å².